The fourth-order valence-electron chi connectivity index (χ4n) is 3.27. The molecular formula is C21H23ClN2O2. The molecule has 2 amide bonds. The van der Waals surface area contributed by atoms with Crippen molar-refractivity contribution in [3.63, 3.8) is 0 Å². The molecule has 0 heterocycles. The van der Waals surface area contributed by atoms with Crippen LogP contribution in [0.1, 0.15) is 47.2 Å². The van der Waals surface area contributed by atoms with E-state index < -0.39 is 0 Å². The van der Waals surface area contributed by atoms with Gasteiger partial charge in [0, 0.05) is 17.2 Å². The first kappa shape index (κ1) is 18.5. The van der Waals surface area contributed by atoms with Gasteiger partial charge in [-0.2, -0.15) is 0 Å². The van der Waals surface area contributed by atoms with Gasteiger partial charge < -0.3 is 10.6 Å². The molecule has 136 valence electrons. The van der Waals surface area contributed by atoms with E-state index in [0.717, 1.165) is 42.5 Å². The molecule has 0 atom stereocenters. The second-order valence-electron chi connectivity index (χ2n) is 6.87. The van der Waals surface area contributed by atoms with Crippen LogP contribution in [0.5, 0.6) is 0 Å². The molecular weight excluding hydrogens is 348 g/mol. The van der Waals surface area contributed by atoms with Crippen molar-refractivity contribution < 1.29 is 9.59 Å². The number of hydrogen-bond acceptors (Lipinski definition) is 2. The van der Waals surface area contributed by atoms with Crippen LogP contribution in [0.15, 0.2) is 36.4 Å². The van der Waals surface area contributed by atoms with E-state index in [0.29, 0.717) is 16.3 Å². The number of rotatable bonds is 4. The highest BCUT2D eigenvalue weighted by Gasteiger charge is 2.23. The first-order chi connectivity index (χ1) is 12.5. The minimum Gasteiger partial charge on any atom is -0.325 e. The molecule has 2 aromatic carbocycles. The third kappa shape index (κ3) is 4.07. The van der Waals surface area contributed by atoms with Crippen molar-refractivity contribution in [2.45, 2.75) is 39.5 Å². The summed E-state index contributed by atoms with van der Waals surface area (Å²) in [6, 6.07) is 10.7. The van der Waals surface area contributed by atoms with Crippen molar-refractivity contribution in [3.8, 4) is 0 Å². The van der Waals surface area contributed by atoms with Gasteiger partial charge in [0.15, 0.2) is 0 Å². The highest BCUT2D eigenvalue weighted by molar-refractivity contribution is 6.34. The molecule has 26 heavy (non-hydrogen) atoms. The second-order valence-corrected chi connectivity index (χ2v) is 7.27. The summed E-state index contributed by atoms with van der Waals surface area (Å²) in [6.45, 7) is 3.98. The highest BCUT2D eigenvalue weighted by Crippen LogP contribution is 2.29. The van der Waals surface area contributed by atoms with Gasteiger partial charge in [-0.25, -0.2) is 0 Å². The summed E-state index contributed by atoms with van der Waals surface area (Å²) in [7, 11) is 0. The minimum absolute atomic E-state index is 0.0171. The quantitative estimate of drug-likeness (QED) is 0.763. The summed E-state index contributed by atoms with van der Waals surface area (Å²) in [4.78, 5) is 25.0. The zero-order chi connectivity index (χ0) is 18.7. The average molecular weight is 371 g/mol. The van der Waals surface area contributed by atoms with Gasteiger partial charge in [-0.15, -0.1) is 0 Å². The second kappa shape index (κ2) is 7.92. The largest absolute Gasteiger partial charge is 0.325 e. The fourth-order valence-corrected chi connectivity index (χ4v) is 3.43. The van der Waals surface area contributed by atoms with E-state index in [9.17, 15) is 9.59 Å². The predicted molar refractivity (Wildman–Crippen MR) is 106 cm³/mol. The standard InChI is InChI=1S/C21H23ClN2O2/c1-13-6-5-9-18(14(13)2)23-21(26)16-10-11-17(22)19(12-16)24-20(25)15-7-3-4-8-15/h5-6,9-12,15H,3-4,7-8H2,1-2H3,(H,23,26)(H,24,25). The number of halogens is 1. The molecule has 4 nitrogen and oxygen atoms in total. The van der Waals surface area contributed by atoms with Crippen LogP contribution in [-0.4, -0.2) is 11.8 Å². The molecule has 1 aliphatic rings. The average Bonchev–Trinajstić information content (AvgIpc) is 3.15. The van der Waals surface area contributed by atoms with E-state index in [1.807, 2.05) is 32.0 Å². The number of amides is 2. The topological polar surface area (TPSA) is 58.2 Å². The Bertz CT molecular complexity index is 842. The maximum Gasteiger partial charge on any atom is 0.255 e. The third-order valence-corrected chi connectivity index (χ3v) is 5.39. The molecule has 0 bridgehead atoms. The van der Waals surface area contributed by atoms with Crippen LogP contribution in [0, 0.1) is 19.8 Å². The van der Waals surface area contributed by atoms with Gasteiger partial charge in [0.25, 0.3) is 5.91 Å². The molecule has 1 fully saturated rings. The lowest BCUT2D eigenvalue weighted by atomic mass is 10.1. The summed E-state index contributed by atoms with van der Waals surface area (Å²) in [5, 5.41) is 6.24. The Labute approximate surface area is 158 Å². The minimum atomic E-state index is -0.230. The summed E-state index contributed by atoms with van der Waals surface area (Å²) < 4.78 is 0. The Balaban J connectivity index is 1.76. The van der Waals surface area contributed by atoms with Gasteiger partial charge in [-0.3, -0.25) is 9.59 Å². The van der Waals surface area contributed by atoms with Gasteiger partial charge in [0.05, 0.1) is 10.7 Å². The molecule has 1 aliphatic carbocycles. The number of benzene rings is 2. The van der Waals surface area contributed by atoms with Crippen LogP contribution >= 0.6 is 11.6 Å². The summed E-state index contributed by atoms with van der Waals surface area (Å²) in [5.41, 5.74) is 3.86. The lowest BCUT2D eigenvalue weighted by Crippen LogP contribution is -2.21. The molecule has 3 rings (SSSR count). The van der Waals surface area contributed by atoms with E-state index >= 15 is 0 Å². The molecule has 0 aromatic heterocycles. The Kier molecular flexibility index (Phi) is 5.62. The van der Waals surface area contributed by atoms with Crippen molar-refractivity contribution in [2.24, 2.45) is 5.92 Å². The van der Waals surface area contributed by atoms with Crippen molar-refractivity contribution in [2.75, 3.05) is 10.6 Å². The molecule has 2 aromatic rings. The van der Waals surface area contributed by atoms with E-state index in [1.54, 1.807) is 18.2 Å². The van der Waals surface area contributed by atoms with Crippen molar-refractivity contribution in [1.82, 2.24) is 0 Å². The van der Waals surface area contributed by atoms with Crippen molar-refractivity contribution in [1.29, 1.82) is 0 Å². The molecule has 2 N–H and O–H groups in total. The lowest BCUT2D eigenvalue weighted by Gasteiger charge is -2.14. The Morgan fingerprint density at radius 3 is 2.46 bits per heavy atom. The predicted octanol–water partition coefficient (Wildman–Crippen LogP) is 5.34. The molecule has 0 unspecified atom stereocenters. The van der Waals surface area contributed by atoms with Crippen LogP contribution in [-0.2, 0) is 4.79 Å². The van der Waals surface area contributed by atoms with Crippen LogP contribution in [0.2, 0.25) is 5.02 Å². The molecule has 5 heteroatoms. The summed E-state index contributed by atoms with van der Waals surface area (Å²) in [6.07, 6.45) is 4.00. The van der Waals surface area contributed by atoms with Crippen LogP contribution in [0.3, 0.4) is 0 Å². The Morgan fingerprint density at radius 1 is 1.00 bits per heavy atom. The monoisotopic (exact) mass is 370 g/mol. The van der Waals surface area contributed by atoms with E-state index in [2.05, 4.69) is 10.6 Å². The summed E-state index contributed by atoms with van der Waals surface area (Å²) >= 11 is 6.21. The maximum absolute atomic E-state index is 12.6. The van der Waals surface area contributed by atoms with E-state index in [-0.39, 0.29) is 17.7 Å². The molecule has 0 radical (unpaired) electrons. The zero-order valence-electron chi connectivity index (χ0n) is 15.1. The SMILES string of the molecule is Cc1cccc(NC(=O)c2ccc(Cl)c(NC(=O)C3CCCC3)c2)c1C. The third-order valence-electron chi connectivity index (χ3n) is 5.07. The number of carbonyl (C=O) groups excluding carboxylic acids is 2. The number of nitrogens with one attached hydrogen (secondary N) is 2. The highest BCUT2D eigenvalue weighted by atomic mass is 35.5. The molecule has 1 saturated carbocycles. The van der Waals surface area contributed by atoms with Gasteiger partial charge in [0.2, 0.25) is 5.91 Å². The van der Waals surface area contributed by atoms with Gasteiger partial charge >= 0.3 is 0 Å². The number of aryl methyl sites for hydroxylation is 1. The van der Waals surface area contributed by atoms with Crippen LogP contribution in [0.4, 0.5) is 11.4 Å². The van der Waals surface area contributed by atoms with Crippen molar-refractivity contribution in [3.05, 3.63) is 58.1 Å². The van der Waals surface area contributed by atoms with Crippen molar-refractivity contribution >= 4 is 34.8 Å². The normalized spacial score (nSPS) is 14.3. The Morgan fingerprint density at radius 2 is 1.73 bits per heavy atom. The molecule has 0 saturated heterocycles. The Hall–Kier alpha value is -2.33. The maximum atomic E-state index is 12.6. The van der Waals surface area contributed by atoms with E-state index in [1.165, 1.54) is 0 Å². The number of carbonyl (C=O) groups is 2. The van der Waals surface area contributed by atoms with E-state index in [4.69, 9.17) is 11.6 Å². The molecule has 0 spiro atoms. The van der Waals surface area contributed by atoms with Gasteiger partial charge in [0.1, 0.15) is 0 Å². The number of anilines is 2. The lowest BCUT2D eigenvalue weighted by molar-refractivity contribution is -0.119. The van der Waals surface area contributed by atoms with Gasteiger partial charge in [-0.1, -0.05) is 36.6 Å². The first-order valence-electron chi connectivity index (χ1n) is 8.93. The smallest absolute Gasteiger partial charge is 0.255 e. The first-order valence-corrected chi connectivity index (χ1v) is 9.31. The number of hydrogen-bond donors (Lipinski definition) is 2. The fraction of sp³-hybridized carbons (Fsp3) is 0.333. The summed E-state index contributed by atoms with van der Waals surface area (Å²) in [5.74, 6) is -0.207. The van der Waals surface area contributed by atoms with Crippen LogP contribution < -0.4 is 10.6 Å². The zero-order valence-corrected chi connectivity index (χ0v) is 15.8. The van der Waals surface area contributed by atoms with Gasteiger partial charge in [-0.05, 0) is 62.1 Å². The van der Waals surface area contributed by atoms with Crippen LogP contribution in [0.25, 0.3) is 0 Å². The molecule has 0 aliphatic heterocycles.